The van der Waals surface area contributed by atoms with Gasteiger partial charge in [0.2, 0.25) is 0 Å². The standard InChI is InChI=1S/C12H11Si.C9H15Si.C9H13.2ClH.Zr/c1-3-7-11(8-4-1)13-12-9-5-2-6-10-12;1-10(2,3)8-9-6-4-5-7-9;1-6-5-7(2)9(4)8(6)3;;;/h1-10,13H;4-7H,8H2,1-3H3;5H,1-4H3;2*1H;/q;;;;;+2/p-2. The van der Waals surface area contributed by atoms with Crippen molar-refractivity contribution in [2.75, 3.05) is 0 Å². The van der Waals surface area contributed by atoms with Gasteiger partial charge in [0.25, 0.3) is 0 Å². The summed E-state index contributed by atoms with van der Waals surface area (Å²) in [6.45, 7) is 17.5. The second-order valence-corrected chi connectivity index (χ2v) is 33.7. The molecule has 0 radical (unpaired) electrons. The summed E-state index contributed by atoms with van der Waals surface area (Å²) in [7, 11) is -1.31. The first kappa shape index (κ1) is 30.5. The molecule has 0 saturated heterocycles. The maximum absolute atomic E-state index is 2.71. The van der Waals surface area contributed by atoms with Gasteiger partial charge in [0.05, 0.1) is 0 Å². The van der Waals surface area contributed by atoms with E-state index in [-0.39, 0.29) is 31.1 Å². The molecule has 35 heavy (non-hydrogen) atoms. The van der Waals surface area contributed by atoms with E-state index in [0.717, 1.165) is 0 Å². The second kappa shape index (κ2) is 11.8. The van der Waals surface area contributed by atoms with Crippen molar-refractivity contribution in [2.24, 2.45) is 0 Å². The van der Waals surface area contributed by atoms with Crippen LogP contribution in [-0.2, 0) is 20.9 Å². The van der Waals surface area contributed by atoms with Gasteiger partial charge in [-0.3, -0.25) is 0 Å². The van der Waals surface area contributed by atoms with Crippen LogP contribution in [0.2, 0.25) is 31.9 Å². The van der Waals surface area contributed by atoms with Crippen LogP contribution in [0.1, 0.15) is 27.7 Å². The molecule has 0 nitrogen and oxygen atoms in total. The number of hydrogen-bond donors (Lipinski definition) is 0. The maximum atomic E-state index is 2.71. The molecule has 4 rings (SSSR count). The quantitative estimate of drug-likeness (QED) is 0.411. The van der Waals surface area contributed by atoms with E-state index in [1.165, 1.54) is 11.6 Å². The van der Waals surface area contributed by atoms with Crippen molar-refractivity contribution in [1.29, 1.82) is 0 Å². The molecule has 2 aliphatic carbocycles. The van der Waals surface area contributed by atoms with Crippen molar-refractivity contribution in [3.8, 4) is 0 Å². The average molecular weight is 618 g/mol. The maximum Gasteiger partial charge on any atom is -1.00 e. The Morgan fingerprint density at radius 1 is 0.771 bits per heavy atom. The molecule has 0 amide bonds. The monoisotopic (exact) mass is 615 g/mol. The molecule has 1 atom stereocenters. The number of hydrogen-bond acceptors (Lipinski definition) is 0. The number of halogens is 2. The van der Waals surface area contributed by atoms with E-state index in [0.29, 0.717) is 0 Å². The Hall–Kier alpha value is -0.703. The van der Waals surface area contributed by atoms with E-state index in [9.17, 15) is 0 Å². The first-order valence-electron chi connectivity index (χ1n) is 12.3. The zero-order valence-corrected chi connectivity index (χ0v) is 28.3. The van der Waals surface area contributed by atoms with E-state index in [1.54, 1.807) is 21.5 Å². The molecule has 1 unspecified atom stereocenters. The summed E-state index contributed by atoms with van der Waals surface area (Å²) in [4.78, 5) is 0. The van der Waals surface area contributed by atoms with Crippen LogP contribution in [0.15, 0.2) is 108 Å². The third-order valence-electron chi connectivity index (χ3n) is 7.77. The van der Waals surface area contributed by atoms with Gasteiger partial charge in [-0.1, -0.05) is 0 Å². The molecule has 185 valence electrons. The summed E-state index contributed by atoms with van der Waals surface area (Å²) < 4.78 is 0.518. The normalized spacial score (nSPS) is 20.5. The number of benzene rings is 2. The van der Waals surface area contributed by atoms with Crippen molar-refractivity contribution >= 4 is 24.4 Å². The van der Waals surface area contributed by atoms with Crippen molar-refractivity contribution in [1.82, 2.24) is 0 Å². The molecule has 0 saturated carbocycles. The van der Waals surface area contributed by atoms with Crippen LogP contribution in [-0.4, -0.2) is 14.0 Å². The van der Waals surface area contributed by atoms with Gasteiger partial charge in [0.15, 0.2) is 0 Å². The largest absolute Gasteiger partial charge is 1.00 e. The first-order valence-corrected chi connectivity index (χ1v) is 24.5. The first-order chi connectivity index (χ1) is 15.6. The summed E-state index contributed by atoms with van der Waals surface area (Å²) >= 11 is -2.38. The van der Waals surface area contributed by atoms with Crippen molar-refractivity contribution in [2.45, 2.75) is 59.6 Å². The van der Waals surface area contributed by atoms with Crippen LogP contribution in [0.3, 0.4) is 0 Å². The van der Waals surface area contributed by atoms with Crippen LogP contribution >= 0.6 is 0 Å². The van der Waals surface area contributed by atoms with Gasteiger partial charge in [-0.05, 0) is 0 Å². The van der Waals surface area contributed by atoms with E-state index in [1.807, 2.05) is 0 Å². The van der Waals surface area contributed by atoms with E-state index in [2.05, 4.69) is 138 Å². The van der Waals surface area contributed by atoms with Crippen LogP contribution in [0.4, 0.5) is 0 Å². The van der Waals surface area contributed by atoms with Gasteiger partial charge in [0.1, 0.15) is 0 Å². The van der Waals surface area contributed by atoms with Gasteiger partial charge < -0.3 is 24.8 Å². The summed E-state index contributed by atoms with van der Waals surface area (Å²) in [6, 6.07) is 24.7. The number of allylic oxidation sites excluding steroid dienone is 8. The van der Waals surface area contributed by atoms with Crippen LogP contribution in [0, 0.1) is 0 Å². The molecule has 0 bridgehead atoms. The predicted molar refractivity (Wildman–Crippen MR) is 149 cm³/mol. The van der Waals surface area contributed by atoms with Crippen LogP contribution in [0.25, 0.3) is 0 Å². The molecule has 0 heterocycles. The Kier molecular flexibility index (Phi) is 10.3. The van der Waals surface area contributed by atoms with Gasteiger partial charge in [-0.15, -0.1) is 0 Å². The molecule has 2 aromatic carbocycles. The van der Waals surface area contributed by atoms with Gasteiger partial charge >= 0.3 is 213 Å². The smallest absolute Gasteiger partial charge is 1.00 e. The summed E-state index contributed by atoms with van der Waals surface area (Å²) in [5, 5.41) is 3.29. The minimum absolute atomic E-state index is 0. The molecule has 2 aliphatic rings. The van der Waals surface area contributed by atoms with Crippen molar-refractivity contribution in [3.05, 3.63) is 108 Å². The van der Waals surface area contributed by atoms with Gasteiger partial charge in [0, 0.05) is 0 Å². The van der Waals surface area contributed by atoms with Crippen molar-refractivity contribution in [3.63, 3.8) is 0 Å². The molecular weight excluding hydrogens is 579 g/mol. The number of rotatable bonds is 7. The SMILES string of the molecule is CC1=C[C](C)([Zr+2]([SiH](c2ccccc2)c2ccccc2)[C]2(C[Si](C)(C)C)C=CC=C2)C(C)=C1C.[Cl-].[Cl-]. The topological polar surface area (TPSA) is 0 Å². The third-order valence-corrected chi connectivity index (χ3v) is 36.6. The van der Waals surface area contributed by atoms with Gasteiger partial charge in [-0.25, -0.2) is 0 Å². The fourth-order valence-electron chi connectivity index (χ4n) is 6.26. The Bertz CT molecular complexity index is 1080. The Morgan fingerprint density at radius 2 is 1.23 bits per heavy atom. The third kappa shape index (κ3) is 6.07. The van der Waals surface area contributed by atoms with E-state index >= 15 is 0 Å². The zero-order valence-electron chi connectivity index (χ0n) is 22.2. The van der Waals surface area contributed by atoms with E-state index in [4.69, 9.17) is 0 Å². The van der Waals surface area contributed by atoms with Gasteiger partial charge in [-0.2, -0.15) is 0 Å². The fraction of sp³-hybridized carbons (Fsp3) is 0.333. The Morgan fingerprint density at radius 3 is 1.60 bits per heavy atom. The Balaban J connectivity index is 0.00000216. The molecule has 0 aliphatic heterocycles. The molecular formula is C30H39Cl2Si2Zr. The second-order valence-electron chi connectivity index (χ2n) is 11.4. The zero-order chi connectivity index (χ0) is 23.9. The van der Waals surface area contributed by atoms with Crippen LogP contribution in [0.5, 0.6) is 0 Å². The minimum atomic E-state index is -2.38. The summed E-state index contributed by atoms with van der Waals surface area (Å²) in [6.07, 6.45) is 12.8. The molecule has 5 heteroatoms. The Labute approximate surface area is 235 Å². The fourth-order valence-corrected chi connectivity index (χ4v) is 44.1. The molecule has 0 spiro atoms. The molecule has 0 aromatic heterocycles. The molecule has 0 N–H and O–H groups in total. The van der Waals surface area contributed by atoms with Crippen LogP contribution < -0.4 is 35.2 Å². The predicted octanol–water partition coefficient (Wildman–Crippen LogP) is 1.25. The average Bonchev–Trinajstić information content (AvgIpc) is 3.31. The van der Waals surface area contributed by atoms with Crippen molar-refractivity contribution < 1.29 is 45.7 Å². The summed E-state index contributed by atoms with van der Waals surface area (Å²) in [5.74, 6) is -1.45. The minimum Gasteiger partial charge on any atom is -1.00 e. The summed E-state index contributed by atoms with van der Waals surface area (Å²) in [5.41, 5.74) is 4.71. The molecule has 2 aromatic rings. The van der Waals surface area contributed by atoms with E-state index < -0.39 is 34.9 Å². The molecule has 0 fully saturated rings.